The van der Waals surface area contributed by atoms with Crippen LogP contribution in [0.1, 0.15) is 0 Å². The van der Waals surface area contributed by atoms with Crippen LogP contribution in [0.2, 0.25) is 5.02 Å². The minimum absolute atomic E-state index is 0.219. The van der Waals surface area contributed by atoms with E-state index in [0.717, 1.165) is 4.90 Å². The van der Waals surface area contributed by atoms with Gasteiger partial charge in [-0.1, -0.05) is 23.7 Å². The van der Waals surface area contributed by atoms with Crippen molar-refractivity contribution in [2.75, 3.05) is 18.1 Å². The van der Waals surface area contributed by atoms with Gasteiger partial charge in [0.05, 0.1) is 35.9 Å². The number of anilines is 1. The number of halogens is 1. The standard InChI is InChI=1S/C12H11ClN2O3/c13-8-3-1-2-4-10(8)15-11(16)7-5-18-6-9(7)14-12(15)17/h1-4,7,9H,5-6H2,(H,14,17). The number of urea groups is 1. The molecule has 0 spiro atoms. The van der Waals surface area contributed by atoms with Gasteiger partial charge in [-0.3, -0.25) is 4.79 Å². The van der Waals surface area contributed by atoms with Gasteiger partial charge in [0.1, 0.15) is 0 Å². The Kier molecular flexibility index (Phi) is 2.72. The second-order valence-corrected chi connectivity index (χ2v) is 4.73. The van der Waals surface area contributed by atoms with Crippen LogP contribution < -0.4 is 10.2 Å². The number of amides is 3. The van der Waals surface area contributed by atoms with Crippen LogP contribution in [0.5, 0.6) is 0 Å². The number of carbonyl (C=O) groups is 2. The van der Waals surface area contributed by atoms with Gasteiger partial charge in [-0.2, -0.15) is 0 Å². The predicted molar refractivity (Wildman–Crippen MR) is 65.6 cm³/mol. The zero-order chi connectivity index (χ0) is 12.7. The Morgan fingerprint density at radius 3 is 2.83 bits per heavy atom. The molecule has 2 fully saturated rings. The lowest BCUT2D eigenvalue weighted by Gasteiger charge is -2.33. The summed E-state index contributed by atoms with van der Waals surface area (Å²) in [5.41, 5.74) is 0.409. The molecule has 2 atom stereocenters. The van der Waals surface area contributed by atoms with Gasteiger partial charge >= 0.3 is 6.03 Å². The second kappa shape index (κ2) is 4.26. The van der Waals surface area contributed by atoms with Crippen molar-refractivity contribution in [1.82, 2.24) is 5.32 Å². The van der Waals surface area contributed by atoms with Crippen molar-refractivity contribution in [3.8, 4) is 0 Å². The molecule has 3 rings (SSSR count). The van der Waals surface area contributed by atoms with Crippen molar-refractivity contribution in [3.05, 3.63) is 29.3 Å². The molecule has 1 aromatic carbocycles. The molecule has 18 heavy (non-hydrogen) atoms. The van der Waals surface area contributed by atoms with Crippen LogP contribution in [0.4, 0.5) is 10.5 Å². The van der Waals surface area contributed by atoms with Gasteiger partial charge in [-0.05, 0) is 12.1 Å². The van der Waals surface area contributed by atoms with Crippen molar-refractivity contribution in [2.45, 2.75) is 6.04 Å². The van der Waals surface area contributed by atoms with Gasteiger partial charge < -0.3 is 10.1 Å². The number of benzene rings is 1. The lowest BCUT2D eigenvalue weighted by molar-refractivity contribution is -0.122. The maximum absolute atomic E-state index is 12.3. The Balaban J connectivity index is 1.99. The number of fused-ring (bicyclic) bond motifs is 1. The predicted octanol–water partition coefficient (Wildman–Crippen LogP) is 1.41. The Morgan fingerprint density at radius 2 is 2.06 bits per heavy atom. The van der Waals surface area contributed by atoms with Crippen molar-refractivity contribution in [3.63, 3.8) is 0 Å². The average Bonchev–Trinajstić information content (AvgIpc) is 2.79. The van der Waals surface area contributed by atoms with Crippen LogP contribution in [0.15, 0.2) is 24.3 Å². The zero-order valence-corrected chi connectivity index (χ0v) is 10.2. The molecular formula is C12H11ClN2O3. The number of nitrogens with one attached hydrogen (secondary N) is 1. The number of hydrogen-bond acceptors (Lipinski definition) is 3. The molecule has 1 aromatic rings. The quantitative estimate of drug-likeness (QED) is 0.836. The highest BCUT2D eigenvalue weighted by molar-refractivity contribution is 6.35. The summed E-state index contributed by atoms with van der Waals surface area (Å²) < 4.78 is 5.23. The van der Waals surface area contributed by atoms with Crippen LogP contribution in [0, 0.1) is 5.92 Å². The monoisotopic (exact) mass is 266 g/mol. The first-order valence-electron chi connectivity index (χ1n) is 5.65. The van der Waals surface area contributed by atoms with E-state index in [2.05, 4.69) is 5.32 Å². The molecule has 5 nitrogen and oxygen atoms in total. The first-order valence-corrected chi connectivity index (χ1v) is 6.03. The SMILES string of the molecule is O=C1NC2COCC2C(=O)N1c1ccccc1Cl. The summed E-state index contributed by atoms with van der Waals surface area (Å²) >= 11 is 6.03. The smallest absolute Gasteiger partial charge is 0.329 e. The number of para-hydroxylation sites is 1. The van der Waals surface area contributed by atoms with E-state index in [1.807, 2.05) is 0 Å². The lowest BCUT2D eigenvalue weighted by Crippen LogP contribution is -2.60. The van der Waals surface area contributed by atoms with Gasteiger partial charge in [0.2, 0.25) is 5.91 Å². The highest BCUT2D eigenvalue weighted by Gasteiger charge is 2.45. The molecular weight excluding hydrogens is 256 g/mol. The summed E-state index contributed by atoms with van der Waals surface area (Å²) in [5.74, 6) is -0.576. The summed E-state index contributed by atoms with van der Waals surface area (Å²) in [5, 5.41) is 3.14. The largest absolute Gasteiger partial charge is 0.378 e. The second-order valence-electron chi connectivity index (χ2n) is 4.32. The Bertz CT molecular complexity index is 520. The number of hydrogen-bond donors (Lipinski definition) is 1. The van der Waals surface area contributed by atoms with Crippen LogP contribution in [-0.2, 0) is 9.53 Å². The van der Waals surface area contributed by atoms with E-state index in [1.165, 1.54) is 0 Å². The minimum atomic E-state index is -0.445. The molecule has 6 heteroatoms. The molecule has 3 amide bonds. The zero-order valence-electron chi connectivity index (χ0n) is 9.43. The minimum Gasteiger partial charge on any atom is -0.378 e. The van der Waals surface area contributed by atoms with Gasteiger partial charge in [-0.15, -0.1) is 0 Å². The molecule has 2 unspecified atom stereocenters. The Morgan fingerprint density at radius 1 is 1.28 bits per heavy atom. The van der Waals surface area contributed by atoms with Crippen LogP contribution in [-0.4, -0.2) is 31.2 Å². The molecule has 0 saturated carbocycles. The summed E-state index contributed by atoms with van der Waals surface area (Å²) in [6, 6.07) is 6.12. The van der Waals surface area contributed by atoms with E-state index in [-0.39, 0.29) is 17.9 Å². The summed E-state index contributed by atoms with van der Waals surface area (Å²) in [4.78, 5) is 25.4. The Labute approximate surface area is 109 Å². The Hall–Kier alpha value is -1.59. The number of rotatable bonds is 1. The third-order valence-corrected chi connectivity index (χ3v) is 3.54. The first-order chi connectivity index (χ1) is 8.68. The third-order valence-electron chi connectivity index (χ3n) is 3.22. The maximum Gasteiger partial charge on any atom is 0.329 e. The molecule has 2 heterocycles. The van der Waals surface area contributed by atoms with Gasteiger partial charge in [0.25, 0.3) is 0 Å². The topological polar surface area (TPSA) is 58.6 Å². The normalized spacial score (nSPS) is 27.1. The average molecular weight is 267 g/mol. The number of imide groups is 1. The van der Waals surface area contributed by atoms with Crippen LogP contribution in [0.3, 0.4) is 0 Å². The lowest BCUT2D eigenvalue weighted by atomic mass is 9.99. The molecule has 0 bridgehead atoms. The van der Waals surface area contributed by atoms with Gasteiger partial charge in [0.15, 0.2) is 0 Å². The molecule has 2 saturated heterocycles. The van der Waals surface area contributed by atoms with E-state index in [9.17, 15) is 9.59 Å². The van der Waals surface area contributed by atoms with Crippen LogP contribution >= 0.6 is 11.6 Å². The van der Waals surface area contributed by atoms with Gasteiger partial charge in [0, 0.05) is 0 Å². The molecule has 2 aliphatic heterocycles. The summed E-state index contributed by atoms with van der Waals surface area (Å²) in [7, 11) is 0. The van der Waals surface area contributed by atoms with E-state index in [1.54, 1.807) is 24.3 Å². The van der Waals surface area contributed by atoms with Crippen molar-refractivity contribution in [1.29, 1.82) is 0 Å². The number of carbonyl (C=O) groups excluding carboxylic acids is 2. The van der Waals surface area contributed by atoms with Crippen molar-refractivity contribution >= 4 is 29.2 Å². The third kappa shape index (κ3) is 1.67. The summed E-state index contributed by atoms with van der Waals surface area (Å²) in [6.45, 7) is 0.725. The van der Waals surface area contributed by atoms with E-state index in [0.29, 0.717) is 23.9 Å². The molecule has 1 N–H and O–H groups in total. The molecule has 0 radical (unpaired) electrons. The fourth-order valence-corrected chi connectivity index (χ4v) is 2.51. The van der Waals surface area contributed by atoms with Crippen molar-refractivity contribution in [2.24, 2.45) is 5.92 Å². The fourth-order valence-electron chi connectivity index (χ4n) is 2.29. The number of ether oxygens (including phenoxy) is 1. The summed E-state index contributed by atoms with van der Waals surface area (Å²) in [6.07, 6.45) is 0. The van der Waals surface area contributed by atoms with Crippen molar-refractivity contribution < 1.29 is 14.3 Å². The van der Waals surface area contributed by atoms with Crippen LogP contribution in [0.25, 0.3) is 0 Å². The van der Waals surface area contributed by atoms with Gasteiger partial charge in [-0.25, -0.2) is 9.69 Å². The van der Waals surface area contributed by atoms with E-state index >= 15 is 0 Å². The van der Waals surface area contributed by atoms with E-state index in [4.69, 9.17) is 16.3 Å². The molecule has 94 valence electrons. The highest BCUT2D eigenvalue weighted by Crippen LogP contribution is 2.30. The molecule has 0 aromatic heterocycles. The molecule has 2 aliphatic rings. The number of nitrogens with zero attached hydrogens (tertiary/aromatic N) is 1. The first kappa shape index (κ1) is 11.5. The maximum atomic E-state index is 12.3. The molecule has 0 aliphatic carbocycles. The fraction of sp³-hybridized carbons (Fsp3) is 0.333. The van der Waals surface area contributed by atoms with E-state index < -0.39 is 6.03 Å². The highest BCUT2D eigenvalue weighted by atomic mass is 35.5.